The van der Waals surface area contributed by atoms with Gasteiger partial charge in [0.2, 0.25) is 0 Å². The molecule has 1 aliphatic heterocycles. The minimum absolute atomic E-state index is 1.22. The lowest BCUT2D eigenvalue weighted by Crippen LogP contribution is -2.49. The van der Waals surface area contributed by atoms with E-state index in [1.165, 1.54) is 120 Å². The average Bonchev–Trinajstić information content (AvgIpc) is 3.51. The first-order valence-corrected chi connectivity index (χ1v) is 23.8. The first-order chi connectivity index (χ1) is 29.0. The topological polar surface area (TPSA) is 0 Å². The lowest BCUT2D eigenvalue weighted by Gasteiger charge is -2.24. The van der Waals surface area contributed by atoms with Crippen molar-refractivity contribution in [1.29, 1.82) is 0 Å². The van der Waals surface area contributed by atoms with Crippen molar-refractivity contribution in [3.8, 4) is 55.6 Å². The number of hydrogen-bond donors (Lipinski definition) is 0. The minimum Gasteiger partial charge on any atom is -0.0623 e. The number of fused-ring (bicyclic) bond motifs is 8. The van der Waals surface area contributed by atoms with Crippen LogP contribution in [0.4, 0.5) is 0 Å². The van der Waals surface area contributed by atoms with Crippen LogP contribution in [0.1, 0.15) is 0 Å². The molecular formula is C58H40Si. The summed E-state index contributed by atoms with van der Waals surface area (Å²) in [7, 11) is -2.03. The second kappa shape index (κ2) is 13.0. The molecular weight excluding hydrogens is 725 g/mol. The van der Waals surface area contributed by atoms with Crippen molar-refractivity contribution in [1.82, 2.24) is 0 Å². The maximum absolute atomic E-state index is 2.63. The Hall–Kier alpha value is -7.06. The van der Waals surface area contributed by atoms with Crippen LogP contribution in [0.3, 0.4) is 0 Å². The third-order valence-corrected chi connectivity index (χ3v) is 16.8. The Morgan fingerprint density at radius 2 is 0.780 bits per heavy atom. The molecule has 0 spiro atoms. The molecule has 0 fully saturated rings. The fourth-order valence-corrected chi connectivity index (χ4v) is 13.5. The van der Waals surface area contributed by atoms with Crippen molar-refractivity contribution in [3.63, 3.8) is 0 Å². The van der Waals surface area contributed by atoms with Crippen LogP contribution in [-0.4, -0.2) is 8.07 Å². The summed E-state index contributed by atoms with van der Waals surface area (Å²) >= 11 is 0. The van der Waals surface area contributed by atoms with Crippen LogP contribution in [0.2, 0.25) is 13.1 Å². The monoisotopic (exact) mass is 764 g/mol. The standard InChI is InChI=1S/C58H40Si/c1-59(2)55-29-13-12-26-46(55)50-35-53-54(36-56(50)59)57(47-28-15-23-38-19-9-11-25-44(38)47)51-34-42(45-27-14-22-37-18-8-10-24-43(37)45)30-31-48(51)58(53)52-33-41-21-7-6-20-40(41)32-49(52)39-16-4-3-5-17-39/h3-36H,1-2H3. The van der Waals surface area contributed by atoms with Gasteiger partial charge in [-0.1, -0.05) is 195 Å². The van der Waals surface area contributed by atoms with Gasteiger partial charge in [0.05, 0.1) is 0 Å². The summed E-state index contributed by atoms with van der Waals surface area (Å²) in [4.78, 5) is 0. The highest BCUT2D eigenvalue weighted by Crippen LogP contribution is 2.50. The van der Waals surface area contributed by atoms with Crippen molar-refractivity contribution in [3.05, 3.63) is 206 Å². The van der Waals surface area contributed by atoms with E-state index < -0.39 is 8.07 Å². The van der Waals surface area contributed by atoms with Gasteiger partial charge in [0.25, 0.3) is 0 Å². The molecule has 0 saturated heterocycles. The van der Waals surface area contributed by atoms with Gasteiger partial charge in [0.1, 0.15) is 8.07 Å². The van der Waals surface area contributed by atoms with Crippen molar-refractivity contribution >= 4 is 72.3 Å². The molecule has 0 atom stereocenters. The third kappa shape index (κ3) is 5.15. The van der Waals surface area contributed by atoms with Crippen LogP contribution >= 0.6 is 0 Å². The van der Waals surface area contributed by atoms with Crippen LogP contribution in [0.25, 0.3) is 109 Å². The molecule has 12 rings (SSSR count). The second-order valence-corrected chi connectivity index (χ2v) is 21.1. The summed E-state index contributed by atoms with van der Waals surface area (Å²) in [6.45, 7) is 5.08. The van der Waals surface area contributed by atoms with Crippen molar-refractivity contribution in [2.24, 2.45) is 0 Å². The molecule has 0 aromatic heterocycles. The summed E-state index contributed by atoms with van der Waals surface area (Å²) in [6.07, 6.45) is 0. The SMILES string of the molecule is C[Si]1(C)c2ccccc2-c2cc3c(-c4cc5ccccc5cc4-c4ccccc4)c4ccc(-c5cccc6ccccc56)cc4c(-c4cccc5ccccc45)c3cc21. The summed E-state index contributed by atoms with van der Waals surface area (Å²) in [6, 6.07) is 77.7. The molecule has 1 heteroatoms. The second-order valence-electron chi connectivity index (χ2n) is 16.8. The van der Waals surface area contributed by atoms with Gasteiger partial charge >= 0.3 is 0 Å². The first kappa shape index (κ1) is 34.0. The molecule has 59 heavy (non-hydrogen) atoms. The summed E-state index contributed by atoms with van der Waals surface area (Å²) in [5.41, 5.74) is 12.9. The zero-order valence-electron chi connectivity index (χ0n) is 33.1. The molecule has 0 nitrogen and oxygen atoms in total. The van der Waals surface area contributed by atoms with Crippen molar-refractivity contribution in [2.45, 2.75) is 13.1 Å². The zero-order chi connectivity index (χ0) is 39.2. The van der Waals surface area contributed by atoms with Crippen LogP contribution in [-0.2, 0) is 0 Å². The third-order valence-electron chi connectivity index (χ3n) is 13.2. The van der Waals surface area contributed by atoms with Crippen LogP contribution in [0, 0.1) is 0 Å². The lowest BCUT2D eigenvalue weighted by atomic mass is 9.80. The molecule has 0 radical (unpaired) electrons. The van der Waals surface area contributed by atoms with E-state index in [1.54, 1.807) is 0 Å². The number of benzene rings is 11. The van der Waals surface area contributed by atoms with Gasteiger partial charge in [-0.05, 0) is 144 Å². The normalized spacial score (nSPS) is 13.1. The van der Waals surface area contributed by atoms with E-state index >= 15 is 0 Å². The molecule has 0 unspecified atom stereocenters. The van der Waals surface area contributed by atoms with E-state index in [4.69, 9.17) is 0 Å². The fourth-order valence-electron chi connectivity index (χ4n) is 10.4. The van der Waals surface area contributed by atoms with E-state index in [-0.39, 0.29) is 0 Å². The van der Waals surface area contributed by atoms with Crippen molar-refractivity contribution in [2.75, 3.05) is 0 Å². The Kier molecular flexibility index (Phi) is 7.48. The van der Waals surface area contributed by atoms with Crippen molar-refractivity contribution < 1.29 is 0 Å². The highest BCUT2D eigenvalue weighted by Gasteiger charge is 2.38. The molecule has 276 valence electrons. The molecule has 0 amide bonds. The molecule has 1 aliphatic rings. The van der Waals surface area contributed by atoms with E-state index in [1.807, 2.05) is 0 Å². The zero-order valence-corrected chi connectivity index (χ0v) is 34.1. The van der Waals surface area contributed by atoms with E-state index in [0.717, 1.165) is 0 Å². The van der Waals surface area contributed by atoms with Gasteiger partial charge in [0.15, 0.2) is 0 Å². The minimum atomic E-state index is -2.03. The number of rotatable bonds is 4. The fraction of sp³-hybridized carbons (Fsp3) is 0.0345. The Balaban J connectivity index is 1.31. The summed E-state index contributed by atoms with van der Waals surface area (Å²) in [5.74, 6) is 0. The van der Waals surface area contributed by atoms with E-state index in [0.29, 0.717) is 0 Å². The molecule has 11 aromatic rings. The highest BCUT2D eigenvalue weighted by atomic mass is 28.3. The first-order valence-electron chi connectivity index (χ1n) is 20.8. The quantitative estimate of drug-likeness (QED) is 0.124. The van der Waals surface area contributed by atoms with Gasteiger partial charge < -0.3 is 0 Å². The Bertz CT molecular complexity index is 3510. The predicted molar refractivity (Wildman–Crippen MR) is 258 cm³/mol. The Morgan fingerprint density at radius 1 is 0.254 bits per heavy atom. The van der Waals surface area contributed by atoms with E-state index in [9.17, 15) is 0 Å². The maximum atomic E-state index is 2.63. The molecule has 0 bridgehead atoms. The Labute approximate surface area is 345 Å². The Morgan fingerprint density at radius 3 is 1.53 bits per heavy atom. The van der Waals surface area contributed by atoms with Gasteiger partial charge in [-0.15, -0.1) is 0 Å². The molecule has 0 N–H and O–H groups in total. The summed E-state index contributed by atoms with van der Waals surface area (Å²) < 4.78 is 0. The number of hydrogen-bond acceptors (Lipinski definition) is 0. The largest absolute Gasteiger partial charge is 0.113 e. The van der Waals surface area contributed by atoms with E-state index in [2.05, 4.69) is 219 Å². The van der Waals surface area contributed by atoms with Crippen LogP contribution < -0.4 is 10.4 Å². The van der Waals surface area contributed by atoms with Gasteiger partial charge in [-0.25, -0.2) is 0 Å². The lowest BCUT2D eigenvalue weighted by molar-refractivity contribution is 1.63. The smallest absolute Gasteiger partial charge is 0.0623 e. The summed E-state index contributed by atoms with van der Waals surface area (Å²) in [5, 5.41) is 15.7. The highest BCUT2D eigenvalue weighted by molar-refractivity contribution is 7.04. The van der Waals surface area contributed by atoms with Gasteiger partial charge in [-0.2, -0.15) is 0 Å². The van der Waals surface area contributed by atoms with Crippen LogP contribution in [0.15, 0.2) is 206 Å². The molecule has 0 saturated carbocycles. The molecule has 0 aliphatic carbocycles. The molecule has 1 heterocycles. The predicted octanol–water partition coefficient (Wildman–Crippen LogP) is 14.9. The maximum Gasteiger partial charge on any atom is 0.113 e. The van der Waals surface area contributed by atoms with Gasteiger partial charge in [-0.3, -0.25) is 0 Å². The van der Waals surface area contributed by atoms with Gasteiger partial charge in [0, 0.05) is 0 Å². The molecule has 11 aromatic carbocycles. The average molecular weight is 765 g/mol. The van der Waals surface area contributed by atoms with Crippen LogP contribution in [0.5, 0.6) is 0 Å².